The van der Waals surface area contributed by atoms with Gasteiger partial charge in [-0.15, -0.1) is 0 Å². The van der Waals surface area contributed by atoms with Crippen molar-refractivity contribution in [3.8, 4) is 5.75 Å². The monoisotopic (exact) mass is 328 g/mol. The molecule has 0 unspecified atom stereocenters. The molecule has 1 aromatic heterocycles. The molecule has 2 rings (SSSR count). The minimum atomic E-state index is -3.75. The lowest BCUT2D eigenvalue weighted by Gasteiger charge is -2.09. The molecule has 0 saturated carbocycles. The normalized spacial score (nSPS) is 11.2. The van der Waals surface area contributed by atoms with Crippen LogP contribution in [0.15, 0.2) is 52.1 Å². The van der Waals surface area contributed by atoms with Crippen LogP contribution >= 0.6 is 15.9 Å². The fourth-order valence-corrected chi connectivity index (χ4v) is 2.69. The van der Waals surface area contributed by atoms with Crippen molar-refractivity contribution < 1.29 is 13.5 Å². The Hall–Kier alpha value is -1.60. The summed E-state index contributed by atoms with van der Waals surface area (Å²) in [5.41, 5.74) is 0.105. The molecule has 0 bridgehead atoms. The van der Waals surface area contributed by atoms with E-state index in [2.05, 4.69) is 25.6 Å². The summed E-state index contributed by atoms with van der Waals surface area (Å²) in [6.07, 6.45) is 2.72. The highest BCUT2D eigenvalue weighted by Crippen LogP contribution is 2.28. The van der Waals surface area contributed by atoms with Gasteiger partial charge in [-0.25, -0.2) is 8.42 Å². The van der Waals surface area contributed by atoms with Crippen molar-refractivity contribution in [1.82, 2.24) is 4.98 Å². The van der Waals surface area contributed by atoms with Crippen LogP contribution in [0.2, 0.25) is 0 Å². The van der Waals surface area contributed by atoms with Gasteiger partial charge in [0.1, 0.15) is 10.6 Å². The van der Waals surface area contributed by atoms with E-state index in [-0.39, 0.29) is 16.3 Å². The molecule has 0 atom stereocenters. The van der Waals surface area contributed by atoms with Gasteiger partial charge in [-0.3, -0.25) is 9.71 Å². The van der Waals surface area contributed by atoms with Crippen molar-refractivity contribution in [3.63, 3.8) is 0 Å². The standard InChI is InChI=1S/C11H9BrN2O3S/c12-8-3-4-11(15)10(6-8)14-18(16,17)9-2-1-5-13-7-9/h1-7,14-15H. The lowest BCUT2D eigenvalue weighted by Crippen LogP contribution is -2.13. The van der Waals surface area contributed by atoms with Gasteiger partial charge in [0.15, 0.2) is 0 Å². The lowest BCUT2D eigenvalue weighted by atomic mass is 10.3. The number of phenolic OH excluding ortho intramolecular Hbond substituents is 1. The Morgan fingerprint density at radius 2 is 2.06 bits per heavy atom. The molecule has 0 spiro atoms. The second-order valence-electron chi connectivity index (χ2n) is 3.46. The number of rotatable bonds is 3. The third-order valence-corrected chi connectivity index (χ3v) is 3.99. The molecule has 5 nitrogen and oxygen atoms in total. The van der Waals surface area contributed by atoms with Gasteiger partial charge in [0, 0.05) is 16.9 Å². The molecule has 18 heavy (non-hydrogen) atoms. The summed E-state index contributed by atoms with van der Waals surface area (Å²) in [6.45, 7) is 0. The summed E-state index contributed by atoms with van der Waals surface area (Å²) in [5, 5.41) is 9.58. The summed E-state index contributed by atoms with van der Waals surface area (Å²) < 4.78 is 26.9. The third kappa shape index (κ3) is 2.80. The predicted octanol–water partition coefficient (Wildman–Crippen LogP) is 2.35. The maximum absolute atomic E-state index is 12.0. The van der Waals surface area contributed by atoms with Gasteiger partial charge >= 0.3 is 0 Å². The zero-order valence-corrected chi connectivity index (χ0v) is 11.4. The molecule has 0 saturated heterocycles. The first-order chi connectivity index (χ1) is 8.49. The van der Waals surface area contributed by atoms with E-state index in [1.165, 1.54) is 36.7 Å². The first-order valence-electron chi connectivity index (χ1n) is 4.90. The second-order valence-corrected chi connectivity index (χ2v) is 6.05. The van der Waals surface area contributed by atoms with Gasteiger partial charge in [0.2, 0.25) is 0 Å². The molecule has 1 heterocycles. The van der Waals surface area contributed by atoms with Crippen molar-refractivity contribution >= 4 is 31.6 Å². The van der Waals surface area contributed by atoms with E-state index >= 15 is 0 Å². The largest absolute Gasteiger partial charge is 0.506 e. The summed E-state index contributed by atoms with van der Waals surface area (Å²) in [6, 6.07) is 7.42. The number of pyridine rings is 1. The average molecular weight is 329 g/mol. The predicted molar refractivity (Wildman–Crippen MR) is 70.9 cm³/mol. The Morgan fingerprint density at radius 3 is 2.72 bits per heavy atom. The Morgan fingerprint density at radius 1 is 1.28 bits per heavy atom. The number of nitrogens with one attached hydrogen (secondary N) is 1. The molecule has 0 aliphatic heterocycles. The highest BCUT2D eigenvalue weighted by molar-refractivity contribution is 9.10. The van der Waals surface area contributed by atoms with Crippen molar-refractivity contribution in [3.05, 3.63) is 47.2 Å². The fraction of sp³-hybridized carbons (Fsp3) is 0. The number of hydrogen-bond acceptors (Lipinski definition) is 4. The SMILES string of the molecule is O=S(=O)(Nc1cc(Br)ccc1O)c1cccnc1. The van der Waals surface area contributed by atoms with Crippen LogP contribution in [0.4, 0.5) is 5.69 Å². The van der Waals surface area contributed by atoms with E-state index in [1.807, 2.05) is 0 Å². The van der Waals surface area contributed by atoms with E-state index in [0.29, 0.717) is 4.47 Å². The van der Waals surface area contributed by atoms with Crippen LogP contribution in [0.25, 0.3) is 0 Å². The van der Waals surface area contributed by atoms with Crippen LogP contribution in [-0.2, 0) is 10.0 Å². The molecule has 94 valence electrons. The van der Waals surface area contributed by atoms with Gasteiger partial charge in [-0.05, 0) is 30.3 Å². The molecule has 0 amide bonds. The van der Waals surface area contributed by atoms with Crippen molar-refractivity contribution in [2.75, 3.05) is 4.72 Å². The van der Waals surface area contributed by atoms with Crippen LogP contribution in [0.1, 0.15) is 0 Å². The Balaban J connectivity index is 2.37. The lowest BCUT2D eigenvalue weighted by molar-refractivity contribution is 0.477. The van der Waals surface area contributed by atoms with Gasteiger partial charge < -0.3 is 5.11 Å². The number of nitrogens with zero attached hydrogens (tertiary/aromatic N) is 1. The van der Waals surface area contributed by atoms with E-state index in [4.69, 9.17) is 0 Å². The van der Waals surface area contributed by atoms with E-state index in [0.717, 1.165) is 0 Å². The Kier molecular flexibility index (Phi) is 3.53. The van der Waals surface area contributed by atoms with Crippen LogP contribution in [0, 0.1) is 0 Å². The molecule has 1 aromatic carbocycles. The van der Waals surface area contributed by atoms with Crippen LogP contribution in [0.5, 0.6) is 5.75 Å². The zero-order chi connectivity index (χ0) is 13.2. The number of benzene rings is 1. The molecule has 0 radical (unpaired) electrons. The zero-order valence-electron chi connectivity index (χ0n) is 9.04. The topological polar surface area (TPSA) is 79.3 Å². The summed E-state index contributed by atoms with van der Waals surface area (Å²) in [5.74, 6) is -0.148. The Bertz CT molecular complexity index is 659. The number of halogens is 1. The first-order valence-corrected chi connectivity index (χ1v) is 7.18. The number of phenols is 1. The summed E-state index contributed by atoms with van der Waals surface area (Å²) >= 11 is 3.20. The van der Waals surface area contributed by atoms with Gasteiger partial charge in [-0.1, -0.05) is 15.9 Å². The summed E-state index contributed by atoms with van der Waals surface area (Å²) in [4.78, 5) is 3.77. The van der Waals surface area contributed by atoms with Crippen LogP contribution in [0.3, 0.4) is 0 Å². The van der Waals surface area contributed by atoms with Crippen molar-refractivity contribution in [1.29, 1.82) is 0 Å². The Labute approximate surface area is 113 Å². The maximum atomic E-state index is 12.0. The van der Waals surface area contributed by atoms with E-state index in [1.54, 1.807) is 6.07 Å². The molecular weight excluding hydrogens is 320 g/mol. The second kappa shape index (κ2) is 4.95. The quantitative estimate of drug-likeness (QED) is 0.847. The van der Waals surface area contributed by atoms with Gasteiger partial charge in [0.05, 0.1) is 5.69 Å². The minimum Gasteiger partial charge on any atom is -0.506 e. The third-order valence-electron chi connectivity index (χ3n) is 2.15. The van der Waals surface area contributed by atoms with E-state index in [9.17, 15) is 13.5 Å². The number of sulfonamides is 1. The van der Waals surface area contributed by atoms with Gasteiger partial charge in [-0.2, -0.15) is 0 Å². The van der Waals surface area contributed by atoms with Crippen molar-refractivity contribution in [2.45, 2.75) is 4.90 Å². The molecular formula is C11H9BrN2O3S. The highest BCUT2D eigenvalue weighted by Gasteiger charge is 2.16. The van der Waals surface area contributed by atoms with Crippen LogP contribution < -0.4 is 4.72 Å². The number of aromatic hydroxyl groups is 1. The molecule has 2 aromatic rings. The molecule has 2 N–H and O–H groups in total. The molecule has 0 aliphatic rings. The van der Waals surface area contributed by atoms with Crippen molar-refractivity contribution in [2.24, 2.45) is 0 Å². The number of hydrogen-bond donors (Lipinski definition) is 2. The molecule has 7 heteroatoms. The summed E-state index contributed by atoms with van der Waals surface area (Å²) in [7, 11) is -3.75. The average Bonchev–Trinajstić information content (AvgIpc) is 2.35. The minimum absolute atomic E-state index is 0.0318. The molecule has 0 fully saturated rings. The number of aromatic nitrogens is 1. The van der Waals surface area contributed by atoms with E-state index < -0.39 is 10.0 Å². The number of anilines is 1. The fourth-order valence-electron chi connectivity index (χ4n) is 1.30. The maximum Gasteiger partial charge on any atom is 0.263 e. The first kappa shape index (κ1) is 12.8. The molecule has 0 aliphatic carbocycles. The smallest absolute Gasteiger partial charge is 0.263 e. The van der Waals surface area contributed by atoms with Crippen LogP contribution in [-0.4, -0.2) is 18.5 Å². The van der Waals surface area contributed by atoms with Gasteiger partial charge in [0.25, 0.3) is 10.0 Å². The highest BCUT2D eigenvalue weighted by atomic mass is 79.9.